The molecule has 1 aromatic rings. The molecule has 0 bridgehead atoms. The standard InChI is InChI=1S/C12H17ClO3S/c1-10-5-4-6-11(7-10)16-8-12(2,3)9-17(13,14)15/h4-7H,8-9H2,1-3H3. The summed E-state index contributed by atoms with van der Waals surface area (Å²) in [5.41, 5.74) is 0.593. The zero-order valence-corrected chi connectivity index (χ0v) is 11.8. The van der Waals surface area contributed by atoms with Crippen LogP contribution in [-0.2, 0) is 9.05 Å². The van der Waals surface area contributed by atoms with Crippen LogP contribution in [-0.4, -0.2) is 20.8 Å². The van der Waals surface area contributed by atoms with Gasteiger partial charge in [0.1, 0.15) is 5.75 Å². The number of hydrogen-bond acceptors (Lipinski definition) is 3. The number of aryl methyl sites for hydroxylation is 1. The predicted molar refractivity (Wildman–Crippen MR) is 70.1 cm³/mol. The first kappa shape index (κ1) is 14.3. The van der Waals surface area contributed by atoms with Crippen molar-refractivity contribution in [2.45, 2.75) is 20.8 Å². The van der Waals surface area contributed by atoms with Crippen LogP contribution in [0, 0.1) is 12.3 Å². The molecule has 96 valence electrons. The van der Waals surface area contributed by atoms with Crippen molar-refractivity contribution in [3.05, 3.63) is 29.8 Å². The average molecular weight is 277 g/mol. The maximum absolute atomic E-state index is 11.0. The second kappa shape index (κ2) is 5.27. The smallest absolute Gasteiger partial charge is 0.233 e. The van der Waals surface area contributed by atoms with Crippen LogP contribution < -0.4 is 4.74 Å². The Morgan fingerprint density at radius 1 is 1.35 bits per heavy atom. The summed E-state index contributed by atoms with van der Waals surface area (Å²) in [5.74, 6) is 0.637. The number of rotatable bonds is 5. The summed E-state index contributed by atoms with van der Waals surface area (Å²) in [6.45, 7) is 5.90. The van der Waals surface area contributed by atoms with Gasteiger partial charge in [-0.25, -0.2) is 8.42 Å². The van der Waals surface area contributed by atoms with Gasteiger partial charge in [-0.15, -0.1) is 0 Å². The van der Waals surface area contributed by atoms with Gasteiger partial charge < -0.3 is 4.74 Å². The van der Waals surface area contributed by atoms with E-state index in [-0.39, 0.29) is 5.75 Å². The molecule has 0 aliphatic rings. The fourth-order valence-corrected chi connectivity index (χ4v) is 3.40. The van der Waals surface area contributed by atoms with Crippen molar-refractivity contribution in [1.29, 1.82) is 0 Å². The van der Waals surface area contributed by atoms with Crippen molar-refractivity contribution in [3.8, 4) is 5.75 Å². The largest absolute Gasteiger partial charge is 0.493 e. The van der Waals surface area contributed by atoms with E-state index in [2.05, 4.69) is 0 Å². The van der Waals surface area contributed by atoms with Gasteiger partial charge >= 0.3 is 0 Å². The third-order valence-corrected chi connectivity index (χ3v) is 3.64. The molecule has 0 saturated heterocycles. The zero-order valence-electron chi connectivity index (χ0n) is 10.2. The van der Waals surface area contributed by atoms with Crippen LogP contribution in [0.25, 0.3) is 0 Å². The first-order valence-corrected chi connectivity index (χ1v) is 7.78. The molecule has 1 aromatic carbocycles. The third-order valence-electron chi connectivity index (χ3n) is 2.18. The molecule has 0 unspecified atom stereocenters. The normalized spacial score (nSPS) is 12.5. The molecular formula is C12H17ClO3S. The van der Waals surface area contributed by atoms with Crippen LogP contribution in [0.2, 0.25) is 0 Å². The highest BCUT2D eigenvalue weighted by Gasteiger charge is 2.25. The fourth-order valence-electron chi connectivity index (χ4n) is 1.49. The average Bonchev–Trinajstić information content (AvgIpc) is 2.11. The van der Waals surface area contributed by atoms with Gasteiger partial charge in [0.05, 0.1) is 12.4 Å². The van der Waals surface area contributed by atoms with Gasteiger partial charge in [-0.2, -0.15) is 0 Å². The molecular weight excluding hydrogens is 260 g/mol. The minimum atomic E-state index is -3.50. The number of ether oxygens (including phenoxy) is 1. The van der Waals surface area contributed by atoms with Crippen LogP contribution in [0.5, 0.6) is 5.75 Å². The molecule has 0 amide bonds. The Kier molecular flexibility index (Phi) is 4.44. The molecule has 0 aromatic heterocycles. The second-order valence-electron chi connectivity index (χ2n) is 4.95. The lowest BCUT2D eigenvalue weighted by molar-refractivity contribution is 0.200. The molecule has 0 fully saturated rings. The van der Waals surface area contributed by atoms with Crippen LogP contribution in [0.4, 0.5) is 0 Å². The lowest BCUT2D eigenvalue weighted by Gasteiger charge is -2.23. The van der Waals surface area contributed by atoms with Crippen molar-refractivity contribution in [1.82, 2.24) is 0 Å². The van der Waals surface area contributed by atoms with E-state index in [1.807, 2.05) is 45.0 Å². The molecule has 0 aliphatic carbocycles. The molecule has 17 heavy (non-hydrogen) atoms. The van der Waals surface area contributed by atoms with E-state index < -0.39 is 14.5 Å². The number of benzene rings is 1. The molecule has 0 N–H and O–H groups in total. The summed E-state index contributed by atoms with van der Waals surface area (Å²) in [6, 6.07) is 7.63. The lowest BCUT2D eigenvalue weighted by Crippen LogP contribution is -2.28. The van der Waals surface area contributed by atoms with E-state index in [1.165, 1.54) is 0 Å². The molecule has 3 nitrogen and oxygen atoms in total. The Bertz CT molecular complexity index is 480. The van der Waals surface area contributed by atoms with Crippen molar-refractivity contribution in [2.75, 3.05) is 12.4 Å². The molecule has 0 radical (unpaired) electrons. The minimum Gasteiger partial charge on any atom is -0.493 e. The maximum Gasteiger partial charge on any atom is 0.233 e. The second-order valence-corrected chi connectivity index (χ2v) is 7.73. The first-order chi connectivity index (χ1) is 7.68. The maximum atomic E-state index is 11.0. The molecule has 1 rings (SSSR count). The molecule has 0 saturated carbocycles. The summed E-state index contributed by atoms with van der Waals surface area (Å²) in [5, 5.41) is 0. The van der Waals surface area contributed by atoms with Crippen LogP contribution in [0.15, 0.2) is 24.3 Å². The highest BCUT2D eigenvalue weighted by Crippen LogP contribution is 2.22. The molecule has 5 heteroatoms. The monoisotopic (exact) mass is 276 g/mol. The van der Waals surface area contributed by atoms with E-state index in [9.17, 15) is 8.42 Å². The van der Waals surface area contributed by atoms with Gasteiger partial charge in [0, 0.05) is 16.1 Å². The van der Waals surface area contributed by atoms with Gasteiger partial charge in [0.25, 0.3) is 0 Å². The van der Waals surface area contributed by atoms with Crippen LogP contribution in [0.3, 0.4) is 0 Å². The van der Waals surface area contributed by atoms with Gasteiger partial charge in [-0.1, -0.05) is 26.0 Å². The Balaban J connectivity index is 2.61. The molecule has 0 heterocycles. The van der Waals surface area contributed by atoms with Crippen molar-refractivity contribution in [2.24, 2.45) is 5.41 Å². The Labute approximate surface area is 107 Å². The van der Waals surface area contributed by atoms with E-state index in [0.29, 0.717) is 6.61 Å². The highest BCUT2D eigenvalue weighted by atomic mass is 35.7. The van der Waals surface area contributed by atoms with Gasteiger partial charge in [0.2, 0.25) is 9.05 Å². The fraction of sp³-hybridized carbons (Fsp3) is 0.500. The molecule has 0 aliphatic heterocycles. The van der Waals surface area contributed by atoms with E-state index in [1.54, 1.807) is 0 Å². The number of hydrogen-bond donors (Lipinski definition) is 0. The van der Waals surface area contributed by atoms with Gasteiger partial charge in [-0.3, -0.25) is 0 Å². The quantitative estimate of drug-likeness (QED) is 0.777. The molecule has 0 atom stereocenters. The lowest BCUT2D eigenvalue weighted by atomic mass is 9.98. The van der Waals surface area contributed by atoms with E-state index in [4.69, 9.17) is 15.4 Å². The summed E-state index contributed by atoms with van der Waals surface area (Å²) >= 11 is 0. The van der Waals surface area contributed by atoms with Crippen molar-refractivity contribution < 1.29 is 13.2 Å². The van der Waals surface area contributed by atoms with Crippen LogP contribution >= 0.6 is 10.7 Å². The van der Waals surface area contributed by atoms with Gasteiger partial charge in [0.15, 0.2) is 0 Å². The summed E-state index contributed by atoms with van der Waals surface area (Å²) in [4.78, 5) is 0. The Hall–Kier alpha value is -0.740. The van der Waals surface area contributed by atoms with E-state index >= 15 is 0 Å². The van der Waals surface area contributed by atoms with E-state index in [0.717, 1.165) is 11.3 Å². The Morgan fingerprint density at radius 3 is 2.53 bits per heavy atom. The van der Waals surface area contributed by atoms with Crippen LogP contribution in [0.1, 0.15) is 19.4 Å². The summed E-state index contributed by atoms with van der Waals surface area (Å²) in [7, 11) is 1.74. The highest BCUT2D eigenvalue weighted by molar-refractivity contribution is 8.13. The topological polar surface area (TPSA) is 43.4 Å². The van der Waals surface area contributed by atoms with Gasteiger partial charge in [-0.05, 0) is 24.6 Å². The predicted octanol–water partition coefficient (Wildman–Crippen LogP) is 2.97. The SMILES string of the molecule is Cc1cccc(OCC(C)(C)CS(=O)(=O)Cl)c1. The Morgan fingerprint density at radius 2 is 2.00 bits per heavy atom. The van der Waals surface area contributed by atoms with Crippen molar-refractivity contribution in [3.63, 3.8) is 0 Å². The first-order valence-electron chi connectivity index (χ1n) is 5.30. The summed E-state index contributed by atoms with van der Waals surface area (Å²) < 4.78 is 27.6. The summed E-state index contributed by atoms with van der Waals surface area (Å²) in [6.07, 6.45) is 0. The molecule has 0 spiro atoms. The zero-order chi connectivity index (χ0) is 13.1. The van der Waals surface area contributed by atoms with Crippen molar-refractivity contribution >= 4 is 19.7 Å². The number of halogens is 1. The third kappa shape index (κ3) is 5.94. The minimum absolute atomic E-state index is 0.104.